The van der Waals surface area contributed by atoms with Crippen molar-refractivity contribution in [2.45, 2.75) is 20.0 Å². The molecule has 0 bridgehead atoms. The van der Waals surface area contributed by atoms with Crippen LogP contribution in [-0.4, -0.2) is 13.2 Å². The van der Waals surface area contributed by atoms with E-state index < -0.39 is 0 Å². The maximum Gasteiger partial charge on any atom is 0.127 e. The lowest BCUT2D eigenvalue weighted by atomic mass is 10.0. The minimum absolute atomic E-state index is 0.154. The van der Waals surface area contributed by atoms with Gasteiger partial charge in [-0.2, -0.15) is 0 Å². The highest BCUT2D eigenvalue weighted by molar-refractivity contribution is 5.75. The summed E-state index contributed by atoms with van der Waals surface area (Å²) in [6, 6.07) is 16.0. The van der Waals surface area contributed by atoms with Gasteiger partial charge < -0.3 is 9.47 Å². The van der Waals surface area contributed by atoms with Crippen LogP contribution in [0.25, 0.3) is 11.1 Å². The number of benzene rings is 2. The zero-order valence-electron chi connectivity index (χ0n) is 11.0. The van der Waals surface area contributed by atoms with Crippen molar-refractivity contribution in [2.24, 2.45) is 0 Å². The summed E-state index contributed by atoms with van der Waals surface area (Å²) in [6.45, 7) is 4.05. The van der Waals surface area contributed by atoms with Crippen molar-refractivity contribution >= 4 is 0 Å². The van der Waals surface area contributed by atoms with Crippen LogP contribution < -0.4 is 9.47 Å². The predicted octanol–water partition coefficient (Wildman–Crippen LogP) is 4.15. The highest BCUT2D eigenvalue weighted by Gasteiger charge is 2.11. The zero-order valence-corrected chi connectivity index (χ0v) is 11.0. The number of ether oxygens (including phenoxy) is 2. The van der Waals surface area contributed by atoms with Crippen molar-refractivity contribution in [1.82, 2.24) is 0 Å². The molecule has 0 amide bonds. The Balaban J connectivity index is 2.49. The SMILES string of the molecule is COc1ccccc1-c1ccccc1OC(C)C. The lowest BCUT2D eigenvalue weighted by Crippen LogP contribution is -2.06. The fourth-order valence-electron chi connectivity index (χ4n) is 1.91. The van der Waals surface area contributed by atoms with E-state index in [0.717, 1.165) is 22.6 Å². The summed E-state index contributed by atoms with van der Waals surface area (Å²) >= 11 is 0. The third-order valence-electron chi connectivity index (χ3n) is 2.65. The molecular weight excluding hydrogens is 224 g/mol. The standard InChI is InChI=1S/C16H18O2/c1-12(2)18-16-11-7-5-9-14(16)13-8-4-6-10-15(13)17-3/h4-12H,1-3H3. The van der Waals surface area contributed by atoms with Gasteiger partial charge in [0, 0.05) is 11.1 Å². The largest absolute Gasteiger partial charge is 0.496 e. The van der Waals surface area contributed by atoms with Gasteiger partial charge in [0.05, 0.1) is 13.2 Å². The van der Waals surface area contributed by atoms with Crippen molar-refractivity contribution < 1.29 is 9.47 Å². The van der Waals surface area contributed by atoms with Gasteiger partial charge in [-0.15, -0.1) is 0 Å². The number of methoxy groups -OCH3 is 1. The van der Waals surface area contributed by atoms with Crippen LogP contribution in [0.2, 0.25) is 0 Å². The van der Waals surface area contributed by atoms with Crippen LogP contribution in [0.4, 0.5) is 0 Å². The average molecular weight is 242 g/mol. The van der Waals surface area contributed by atoms with Crippen molar-refractivity contribution in [3.63, 3.8) is 0 Å². The van der Waals surface area contributed by atoms with E-state index >= 15 is 0 Å². The van der Waals surface area contributed by atoms with Crippen LogP contribution in [0.3, 0.4) is 0 Å². The van der Waals surface area contributed by atoms with E-state index in [-0.39, 0.29) is 6.10 Å². The van der Waals surface area contributed by atoms with Gasteiger partial charge in [0.25, 0.3) is 0 Å². The van der Waals surface area contributed by atoms with Crippen molar-refractivity contribution in [1.29, 1.82) is 0 Å². The van der Waals surface area contributed by atoms with Crippen LogP contribution in [0.15, 0.2) is 48.5 Å². The topological polar surface area (TPSA) is 18.5 Å². The first-order valence-electron chi connectivity index (χ1n) is 6.11. The molecule has 0 atom stereocenters. The summed E-state index contributed by atoms with van der Waals surface area (Å²) in [7, 11) is 1.69. The van der Waals surface area contributed by atoms with E-state index in [4.69, 9.17) is 9.47 Å². The van der Waals surface area contributed by atoms with Crippen molar-refractivity contribution in [2.75, 3.05) is 7.11 Å². The van der Waals surface area contributed by atoms with Gasteiger partial charge >= 0.3 is 0 Å². The second-order valence-corrected chi connectivity index (χ2v) is 4.36. The van der Waals surface area contributed by atoms with E-state index in [0.29, 0.717) is 0 Å². The average Bonchev–Trinajstić information content (AvgIpc) is 2.39. The van der Waals surface area contributed by atoms with E-state index in [1.807, 2.05) is 56.3 Å². The van der Waals surface area contributed by atoms with Crippen molar-refractivity contribution in [3.05, 3.63) is 48.5 Å². The van der Waals surface area contributed by atoms with Crippen LogP contribution in [0.5, 0.6) is 11.5 Å². The van der Waals surface area contributed by atoms with Gasteiger partial charge in [0.15, 0.2) is 0 Å². The Hall–Kier alpha value is -1.96. The predicted molar refractivity (Wildman–Crippen MR) is 74.2 cm³/mol. The third kappa shape index (κ3) is 2.65. The molecule has 2 aromatic carbocycles. The zero-order chi connectivity index (χ0) is 13.0. The minimum Gasteiger partial charge on any atom is -0.496 e. The summed E-state index contributed by atoms with van der Waals surface area (Å²) in [5.41, 5.74) is 2.11. The molecular formula is C16H18O2. The molecule has 0 fully saturated rings. The van der Waals surface area contributed by atoms with Crippen LogP contribution in [0.1, 0.15) is 13.8 Å². The minimum atomic E-state index is 0.154. The lowest BCUT2D eigenvalue weighted by Gasteiger charge is -2.15. The summed E-state index contributed by atoms with van der Waals surface area (Å²) in [4.78, 5) is 0. The smallest absolute Gasteiger partial charge is 0.127 e. The van der Waals surface area contributed by atoms with E-state index in [1.54, 1.807) is 7.11 Å². The van der Waals surface area contributed by atoms with Gasteiger partial charge in [-0.1, -0.05) is 36.4 Å². The van der Waals surface area contributed by atoms with Crippen molar-refractivity contribution in [3.8, 4) is 22.6 Å². The quantitative estimate of drug-likeness (QED) is 0.801. The monoisotopic (exact) mass is 242 g/mol. The maximum atomic E-state index is 5.84. The fraction of sp³-hybridized carbons (Fsp3) is 0.250. The molecule has 0 aliphatic heterocycles. The van der Waals surface area contributed by atoms with Gasteiger partial charge in [0.1, 0.15) is 11.5 Å². The highest BCUT2D eigenvalue weighted by atomic mass is 16.5. The summed E-state index contributed by atoms with van der Waals surface area (Å²) < 4.78 is 11.2. The molecule has 0 unspecified atom stereocenters. The fourth-order valence-corrected chi connectivity index (χ4v) is 1.91. The molecule has 2 nitrogen and oxygen atoms in total. The molecule has 0 aliphatic rings. The molecule has 2 rings (SSSR count). The van der Waals surface area contributed by atoms with E-state index in [1.165, 1.54) is 0 Å². The van der Waals surface area contributed by atoms with Crippen LogP contribution >= 0.6 is 0 Å². The van der Waals surface area contributed by atoms with Crippen LogP contribution in [-0.2, 0) is 0 Å². The second-order valence-electron chi connectivity index (χ2n) is 4.36. The van der Waals surface area contributed by atoms with Gasteiger partial charge in [0.2, 0.25) is 0 Å². The Morgan fingerprint density at radius 2 is 1.28 bits per heavy atom. The summed E-state index contributed by atoms with van der Waals surface area (Å²) in [6.07, 6.45) is 0.154. The second kappa shape index (κ2) is 5.58. The van der Waals surface area contributed by atoms with E-state index in [9.17, 15) is 0 Å². The Kier molecular flexibility index (Phi) is 3.88. The Morgan fingerprint density at radius 1 is 0.778 bits per heavy atom. The molecule has 0 aliphatic carbocycles. The Bertz CT molecular complexity index is 518. The lowest BCUT2D eigenvalue weighted by molar-refractivity contribution is 0.243. The highest BCUT2D eigenvalue weighted by Crippen LogP contribution is 2.36. The molecule has 18 heavy (non-hydrogen) atoms. The van der Waals surface area contributed by atoms with Crippen LogP contribution in [0, 0.1) is 0 Å². The molecule has 0 saturated carbocycles. The summed E-state index contributed by atoms with van der Waals surface area (Å²) in [5, 5.41) is 0. The summed E-state index contributed by atoms with van der Waals surface area (Å²) in [5.74, 6) is 1.74. The Morgan fingerprint density at radius 3 is 1.83 bits per heavy atom. The first kappa shape index (κ1) is 12.5. The molecule has 94 valence electrons. The molecule has 0 radical (unpaired) electrons. The molecule has 0 heterocycles. The number of hydrogen-bond acceptors (Lipinski definition) is 2. The maximum absolute atomic E-state index is 5.84. The first-order valence-corrected chi connectivity index (χ1v) is 6.11. The number of para-hydroxylation sites is 2. The number of hydrogen-bond donors (Lipinski definition) is 0. The number of rotatable bonds is 4. The third-order valence-corrected chi connectivity index (χ3v) is 2.65. The molecule has 2 aromatic rings. The van der Waals surface area contributed by atoms with Gasteiger partial charge in [-0.05, 0) is 26.0 Å². The molecule has 0 saturated heterocycles. The first-order chi connectivity index (χ1) is 8.72. The van der Waals surface area contributed by atoms with Gasteiger partial charge in [-0.3, -0.25) is 0 Å². The molecule has 0 aromatic heterocycles. The molecule has 0 spiro atoms. The molecule has 0 N–H and O–H groups in total. The normalized spacial score (nSPS) is 10.4. The molecule has 2 heteroatoms. The Labute approximate surface area is 108 Å². The van der Waals surface area contributed by atoms with Gasteiger partial charge in [-0.25, -0.2) is 0 Å². The van der Waals surface area contributed by atoms with E-state index in [2.05, 4.69) is 6.07 Å².